The van der Waals surface area contributed by atoms with E-state index in [-0.39, 0.29) is 12.1 Å². The van der Waals surface area contributed by atoms with Crippen molar-refractivity contribution in [2.24, 2.45) is 0 Å². The summed E-state index contributed by atoms with van der Waals surface area (Å²) in [6, 6.07) is 15.1. The molecule has 2 atom stereocenters. The van der Waals surface area contributed by atoms with E-state index < -0.39 is 5.60 Å². The lowest BCUT2D eigenvalue weighted by atomic mass is 9.95. The third kappa shape index (κ3) is 6.30. The number of benzene rings is 1. The highest BCUT2D eigenvalue weighted by atomic mass is 16.6. The molecule has 1 aliphatic heterocycles. The van der Waals surface area contributed by atoms with E-state index in [1.807, 2.05) is 40.0 Å². The summed E-state index contributed by atoms with van der Waals surface area (Å²) in [5.74, 6) is 0.651. The lowest BCUT2D eigenvalue weighted by Crippen LogP contribution is -2.42. The molecule has 1 fully saturated rings. The van der Waals surface area contributed by atoms with Crippen LogP contribution in [0.1, 0.15) is 77.5 Å². The lowest BCUT2D eigenvalue weighted by molar-refractivity contribution is 0.0566. The van der Waals surface area contributed by atoms with Crippen molar-refractivity contribution in [3.05, 3.63) is 59.8 Å². The van der Waals surface area contributed by atoms with Crippen molar-refractivity contribution in [2.75, 3.05) is 11.4 Å². The van der Waals surface area contributed by atoms with Gasteiger partial charge in [-0.1, -0.05) is 49.7 Å². The average molecular weight is 424 g/mol. The van der Waals surface area contributed by atoms with Crippen molar-refractivity contribution in [1.29, 1.82) is 0 Å². The maximum Gasteiger partial charge on any atom is 0.416 e. The Kier molecular flexibility index (Phi) is 7.71. The SMILES string of the molecule is CC[C@H](C)N(C(=O)OC(C)(C)C)c1ccc([C@@H]2CCCCN2Cc2ccccc2)cn1. The van der Waals surface area contributed by atoms with Gasteiger partial charge in [0.05, 0.1) is 0 Å². The van der Waals surface area contributed by atoms with Crippen LogP contribution >= 0.6 is 0 Å². The number of aromatic nitrogens is 1. The van der Waals surface area contributed by atoms with E-state index in [1.54, 1.807) is 4.90 Å². The van der Waals surface area contributed by atoms with Crippen LogP contribution in [-0.2, 0) is 11.3 Å². The molecule has 1 aliphatic rings. The molecule has 0 unspecified atom stereocenters. The van der Waals surface area contributed by atoms with Gasteiger partial charge in [-0.2, -0.15) is 0 Å². The molecular weight excluding hydrogens is 386 g/mol. The normalized spacial score (nSPS) is 18.4. The zero-order chi connectivity index (χ0) is 22.4. The van der Waals surface area contributed by atoms with Gasteiger partial charge in [0.15, 0.2) is 0 Å². The van der Waals surface area contributed by atoms with Crippen molar-refractivity contribution < 1.29 is 9.53 Å². The molecule has 0 aliphatic carbocycles. The van der Waals surface area contributed by atoms with Crippen LogP contribution in [0.5, 0.6) is 0 Å². The maximum absolute atomic E-state index is 12.9. The minimum Gasteiger partial charge on any atom is -0.443 e. The van der Waals surface area contributed by atoms with Gasteiger partial charge < -0.3 is 4.74 Å². The fourth-order valence-electron chi connectivity index (χ4n) is 4.11. The van der Waals surface area contributed by atoms with Crippen molar-refractivity contribution in [3.8, 4) is 0 Å². The summed E-state index contributed by atoms with van der Waals surface area (Å²) in [5.41, 5.74) is 2.02. The fourth-order valence-corrected chi connectivity index (χ4v) is 4.11. The summed E-state index contributed by atoms with van der Waals surface area (Å²) < 4.78 is 5.65. The number of nitrogens with zero attached hydrogens (tertiary/aromatic N) is 3. The topological polar surface area (TPSA) is 45.7 Å². The van der Waals surface area contributed by atoms with Gasteiger partial charge >= 0.3 is 6.09 Å². The van der Waals surface area contributed by atoms with E-state index in [4.69, 9.17) is 9.72 Å². The first-order chi connectivity index (χ1) is 14.8. The monoisotopic (exact) mass is 423 g/mol. The smallest absolute Gasteiger partial charge is 0.416 e. The summed E-state index contributed by atoms with van der Waals surface area (Å²) in [6.07, 6.45) is 6.03. The third-order valence-corrected chi connectivity index (χ3v) is 5.87. The molecule has 0 radical (unpaired) electrons. The van der Waals surface area contributed by atoms with Gasteiger partial charge in [0.2, 0.25) is 0 Å². The standard InChI is InChI=1S/C26H37N3O2/c1-6-20(2)29(25(30)31-26(3,4)5)24-16-15-22(18-27-24)23-14-10-11-17-28(23)19-21-12-8-7-9-13-21/h7-9,12-13,15-16,18,20,23H,6,10-11,14,17,19H2,1-5H3/t20-,23-/m0/s1. The van der Waals surface area contributed by atoms with Gasteiger partial charge in [0.1, 0.15) is 11.4 Å². The summed E-state index contributed by atoms with van der Waals surface area (Å²) in [6.45, 7) is 11.8. The van der Waals surface area contributed by atoms with Gasteiger partial charge in [-0.3, -0.25) is 9.80 Å². The Morgan fingerprint density at radius 1 is 1.19 bits per heavy atom. The van der Waals surface area contributed by atoms with Gasteiger partial charge in [-0.05, 0) is 70.7 Å². The first-order valence-corrected chi connectivity index (χ1v) is 11.5. The lowest BCUT2D eigenvalue weighted by Gasteiger charge is -2.36. The first kappa shape index (κ1) is 23.3. The number of piperidine rings is 1. The number of ether oxygens (including phenoxy) is 1. The number of carbonyl (C=O) groups is 1. The number of carbonyl (C=O) groups excluding carboxylic acids is 1. The molecule has 1 aromatic carbocycles. The zero-order valence-electron chi connectivity index (χ0n) is 19.7. The first-order valence-electron chi connectivity index (χ1n) is 11.5. The van der Waals surface area contributed by atoms with Crippen molar-refractivity contribution >= 4 is 11.9 Å². The van der Waals surface area contributed by atoms with Crippen LogP contribution < -0.4 is 4.90 Å². The summed E-state index contributed by atoms with van der Waals surface area (Å²) in [4.78, 5) is 21.8. The van der Waals surface area contributed by atoms with Crippen LogP contribution in [0.2, 0.25) is 0 Å². The molecule has 168 valence electrons. The maximum atomic E-state index is 12.9. The quantitative estimate of drug-likeness (QED) is 0.543. The Morgan fingerprint density at radius 2 is 1.94 bits per heavy atom. The third-order valence-electron chi connectivity index (χ3n) is 5.87. The van der Waals surface area contributed by atoms with E-state index >= 15 is 0 Å². The second kappa shape index (κ2) is 10.3. The van der Waals surface area contributed by atoms with E-state index in [0.717, 1.165) is 25.9 Å². The number of likely N-dealkylation sites (tertiary alicyclic amines) is 1. The summed E-state index contributed by atoms with van der Waals surface area (Å²) in [7, 11) is 0. The van der Waals surface area contributed by atoms with Crippen LogP contribution in [0, 0.1) is 0 Å². The molecule has 0 N–H and O–H groups in total. The highest BCUT2D eigenvalue weighted by Crippen LogP contribution is 2.33. The van der Waals surface area contributed by atoms with Crippen LogP contribution in [0.4, 0.5) is 10.6 Å². The molecule has 0 spiro atoms. The Morgan fingerprint density at radius 3 is 2.55 bits per heavy atom. The number of amides is 1. The van der Waals surface area contributed by atoms with E-state index in [0.29, 0.717) is 11.9 Å². The molecular formula is C26H37N3O2. The second-order valence-corrected chi connectivity index (χ2v) is 9.52. The van der Waals surface area contributed by atoms with Crippen LogP contribution in [0.25, 0.3) is 0 Å². The van der Waals surface area contributed by atoms with Gasteiger partial charge in [0.25, 0.3) is 0 Å². The van der Waals surface area contributed by atoms with Crippen LogP contribution in [-0.4, -0.2) is 34.2 Å². The molecule has 0 bridgehead atoms. The van der Waals surface area contributed by atoms with Crippen molar-refractivity contribution in [3.63, 3.8) is 0 Å². The number of rotatable bonds is 6. The Bertz CT molecular complexity index is 830. The highest BCUT2D eigenvalue weighted by Gasteiger charge is 2.29. The molecule has 1 amide bonds. The van der Waals surface area contributed by atoms with Crippen molar-refractivity contribution in [1.82, 2.24) is 9.88 Å². The number of hydrogen-bond donors (Lipinski definition) is 0. The van der Waals surface area contributed by atoms with Crippen LogP contribution in [0.3, 0.4) is 0 Å². The van der Waals surface area contributed by atoms with E-state index in [2.05, 4.69) is 48.2 Å². The fraction of sp³-hybridized carbons (Fsp3) is 0.538. The van der Waals surface area contributed by atoms with Gasteiger partial charge in [-0.25, -0.2) is 9.78 Å². The number of anilines is 1. The molecule has 1 saturated heterocycles. The number of pyridine rings is 1. The minimum absolute atomic E-state index is 0.0115. The molecule has 0 saturated carbocycles. The Balaban J connectivity index is 1.79. The largest absolute Gasteiger partial charge is 0.443 e. The molecule has 3 rings (SSSR count). The predicted octanol–water partition coefficient (Wildman–Crippen LogP) is 6.35. The molecule has 31 heavy (non-hydrogen) atoms. The molecule has 2 heterocycles. The molecule has 5 heteroatoms. The van der Waals surface area contributed by atoms with E-state index in [9.17, 15) is 4.79 Å². The number of hydrogen-bond acceptors (Lipinski definition) is 4. The predicted molar refractivity (Wildman–Crippen MR) is 126 cm³/mol. The highest BCUT2D eigenvalue weighted by molar-refractivity contribution is 5.87. The minimum atomic E-state index is -0.539. The van der Waals surface area contributed by atoms with Gasteiger partial charge in [0, 0.05) is 24.8 Å². The Hall–Kier alpha value is -2.40. The molecule has 1 aromatic heterocycles. The molecule has 2 aromatic rings. The zero-order valence-corrected chi connectivity index (χ0v) is 19.7. The second-order valence-electron chi connectivity index (χ2n) is 9.52. The molecule has 5 nitrogen and oxygen atoms in total. The average Bonchev–Trinajstić information content (AvgIpc) is 2.74. The van der Waals surface area contributed by atoms with Crippen LogP contribution in [0.15, 0.2) is 48.7 Å². The van der Waals surface area contributed by atoms with E-state index in [1.165, 1.54) is 24.0 Å². The summed E-state index contributed by atoms with van der Waals surface area (Å²) in [5, 5.41) is 0. The van der Waals surface area contributed by atoms with Gasteiger partial charge in [-0.15, -0.1) is 0 Å². The Labute approximate surface area is 187 Å². The van der Waals surface area contributed by atoms with Crippen molar-refractivity contribution in [2.45, 2.75) is 84.5 Å². The summed E-state index contributed by atoms with van der Waals surface area (Å²) >= 11 is 0.